The summed E-state index contributed by atoms with van der Waals surface area (Å²) < 4.78 is 0. The third-order valence-electron chi connectivity index (χ3n) is 13.6. The molecule has 0 heterocycles. The lowest BCUT2D eigenvalue weighted by Crippen LogP contribution is -2.20. The van der Waals surface area contributed by atoms with Gasteiger partial charge in [-0.15, -0.1) is 0 Å². The Morgan fingerprint density at radius 3 is 1.47 bits per heavy atom. The summed E-state index contributed by atoms with van der Waals surface area (Å²) in [6.45, 7) is 4.79. The fourth-order valence-electron chi connectivity index (χ4n) is 10.6. The van der Waals surface area contributed by atoms with E-state index in [2.05, 4.69) is 255 Å². The topological polar surface area (TPSA) is 3.24 Å². The van der Waals surface area contributed by atoms with E-state index in [4.69, 9.17) is 0 Å². The number of benzene rings is 11. The maximum atomic E-state index is 2.49. The van der Waals surface area contributed by atoms with E-state index in [9.17, 15) is 0 Å². The summed E-state index contributed by atoms with van der Waals surface area (Å²) in [6.07, 6.45) is 0. The predicted octanol–water partition coefficient (Wildman–Crippen LogP) is 17.6. The van der Waals surface area contributed by atoms with Crippen LogP contribution in [-0.4, -0.2) is 0 Å². The van der Waals surface area contributed by atoms with Crippen LogP contribution in [0.3, 0.4) is 0 Å². The SMILES string of the molecule is CC1(C)c2ccccc2-c2c1c(N(c1ccc(-c3ccc(-c4cccc5ccccc45)cc3)cc1)c1ccc(-c3cccc4cccc(-c5ccccc5)c34)cc1)cc1ccccc21. The highest BCUT2D eigenvalue weighted by atomic mass is 15.1. The summed E-state index contributed by atoms with van der Waals surface area (Å²) in [7, 11) is 0. The lowest BCUT2D eigenvalue weighted by atomic mass is 9.80. The maximum absolute atomic E-state index is 2.49. The second kappa shape index (κ2) is 15.1. The molecule has 0 bridgehead atoms. The van der Waals surface area contributed by atoms with Gasteiger partial charge in [0.2, 0.25) is 0 Å². The second-order valence-corrected chi connectivity index (χ2v) is 17.6. The molecule has 0 atom stereocenters. The first-order chi connectivity index (χ1) is 31.5. The number of rotatable bonds is 7. The Bertz CT molecular complexity index is 3530. The Labute approximate surface area is 375 Å². The quantitative estimate of drug-likeness (QED) is 0.155. The minimum absolute atomic E-state index is 0.230. The van der Waals surface area contributed by atoms with Gasteiger partial charge < -0.3 is 4.90 Å². The van der Waals surface area contributed by atoms with Gasteiger partial charge in [0.25, 0.3) is 0 Å². The van der Waals surface area contributed by atoms with E-state index < -0.39 is 0 Å². The standard InChI is InChI=1S/C63H45N/c1-63(2)58-28-11-10-24-57(58)61-56-23-9-7-18-49(56)41-59(62(61)63)64(50-37-33-43(34-38-50)42-29-31-46(32-30-42)53-25-12-19-44-17-6-8-22-52(44)53)51-39-35-47(36-40-51)55-27-14-21-48-20-13-26-54(60(48)55)45-15-4-3-5-16-45/h3-41H,1-2H3. The van der Waals surface area contributed by atoms with Crippen molar-refractivity contribution in [1.29, 1.82) is 0 Å². The van der Waals surface area contributed by atoms with Gasteiger partial charge in [-0.25, -0.2) is 0 Å². The zero-order chi connectivity index (χ0) is 42.8. The van der Waals surface area contributed by atoms with Crippen LogP contribution >= 0.6 is 0 Å². The normalized spacial score (nSPS) is 12.7. The molecule has 0 N–H and O–H groups in total. The molecule has 1 nitrogen and oxygen atoms in total. The smallest absolute Gasteiger partial charge is 0.0515 e. The Hall–Kier alpha value is -8.00. The van der Waals surface area contributed by atoms with E-state index in [1.165, 1.54) is 105 Å². The van der Waals surface area contributed by atoms with Gasteiger partial charge in [0.05, 0.1) is 5.69 Å². The van der Waals surface area contributed by atoms with E-state index in [-0.39, 0.29) is 5.41 Å². The van der Waals surface area contributed by atoms with Gasteiger partial charge in [0, 0.05) is 16.8 Å². The molecule has 1 aliphatic carbocycles. The molecule has 0 radical (unpaired) electrons. The third-order valence-corrected chi connectivity index (χ3v) is 13.6. The van der Waals surface area contributed by atoms with Crippen molar-refractivity contribution in [1.82, 2.24) is 0 Å². The first-order valence-electron chi connectivity index (χ1n) is 22.3. The van der Waals surface area contributed by atoms with E-state index in [0.29, 0.717) is 0 Å². The Morgan fingerprint density at radius 1 is 0.328 bits per heavy atom. The summed E-state index contributed by atoms with van der Waals surface area (Å²) in [5.41, 5.74) is 18.3. The monoisotopic (exact) mass is 815 g/mol. The molecule has 302 valence electrons. The van der Waals surface area contributed by atoms with Crippen molar-refractivity contribution in [3.05, 3.63) is 248 Å². The van der Waals surface area contributed by atoms with E-state index in [0.717, 1.165) is 11.4 Å². The number of hydrogen-bond acceptors (Lipinski definition) is 1. The Balaban J connectivity index is 1.00. The van der Waals surface area contributed by atoms with Gasteiger partial charge in [-0.3, -0.25) is 0 Å². The van der Waals surface area contributed by atoms with Gasteiger partial charge >= 0.3 is 0 Å². The molecule has 0 unspecified atom stereocenters. The number of fused-ring (bicyclic) bond motifs is 7. The first kappa shape index (κ1) is 37.7. The van der Waals surface area contributed by atoms with Gasteiger partial charge in [0.15, 0.2) is 0 Å². The van der Waals surface area contributed by atoms with Gasteiger partial charge in [-0.2, -0.15) is 0 Å². The molecule has 0 aliphatic heterocycles. The van der Waals surface area contributed by atoms with Crippen LogP contribution < -0.4 is 4.90 Å². The summed E-state index contributed by atoms with van der Waals surface area (Å²) in [5.74, 6) is 0. The minimum Gasteiger partial charge on any atom is -0.310 e. The first-order valence-corrected chi connectivity index (χ1v) is 22.3. The van der Waals surface area contributed by atoms with Crippen LogP contribution in [0.1, 0.15) is 25.0 Å². The van der Waals surface area contributed by atoms with Crippen LogP contribution in [0.15, 0.2) is 237 Å². The Morgan fingerprint density at radius 2 is 0.781 bits per heavy atom. The molecule has 1 heteroatoms. The fourth-order valence-corrected chi connectivity index (χ4v) is 10.6. The molecule has 0 aromatic heterocycles. The molecule has 11 aromatic rings. The average molecular weight is 816 g/mol. The molecule has 0 amide bonds. The van der Waals surface area contributed by atoms with Crippen molar-refractivity contribution in [3.8, 4) is 55.6 Å². The average Bonchev–Trinajstić information content (AvgIpc) is 3.61. The molecule has 1 aliphatic rings. The van der Waals surface area contributed by atoms with Crippen LogP contribution in [0.4, 0.5) is 17.1 Å². The van der Waals surface area contributed by atoms with Crippen LogP contribution in [-0.2, 0) is 5.41 Å². The second-order valence-electron chi connectivity index (χ2n) is 17.6. The van der Waals surface area contributed by atoms with E-state index in [1.54, 1.807) is 0 Å². The molecule has 64 heavy (non-hydrogen) atoms. The molecule has 0 saturated carbocycles. The van der Waals surface area contributed by atoms with Crippen molar-refractivity contribution in [2.75, 3.05) is 4.90 Å². The molecular formula is C63H45N. The maximum Gasteiger partial charge on any atom is 0.0515 e. The lowest BCUT2D eigenvalue weighted by molar-refractivity contribution is 0.661. The van der Waals surface area contributed by atoms with Crippen LogP contribution in [0.2, 0.25) is 0 Å². The molecular weight excluding hydrogens is 771 g/mol. The van der Waals surface area contributed by atoms with Crippen LogP contribution in [0.25, 0.3) is 88.0 Å². The van der Waals surface area contributed by atoms with Crippen LogP contribution in [0, 0.1) is 0 Å². The van der Waals surface area contributed by atoms with E-state index in [1.807, 2.05) is 0 Å². The van der Waals surface area contributed by atoms with Crippen molar-refractivity contribution in [2.45, 2.75) is 19.3 Å². The van der Waals surface area contributed by atoms with Crippen LogP contribution in [0.5, 0.6) is 0 Å². The molecule has 0 saturated heterocycles. The summed E-state index contributed by atoms with van der Waals surface area (Å²) in [5, 5.41) is 7.57. The van der Waals surface area contributed by atoms with Crippen molar-refractivity contribution >= 4 is 49.4 Å². The molecule has 11 aromatic carbocycles. The molecule has 12 rings (SSSR count). The Kier molecular flexibility index (Phi) is 8.91. The third kappa shape index (κ3) is 6.15. The van der Waals surface area contributed by atoms with Gasteiger partial charge in [-0.05, 0) is 129 Å². The number of nitrogens with zero attached hydrogens (tertiary/aromatic N) is 1. The molecule has 0 spiro atoms. The van der Waals surface area contributed by atoms with Crippen molar-refractivity contribution in [2.24, 2.45) is 0 Å². The van der Waals surface area contributed by atoms with Crippen molar-refractivity contribution < 1.29 is 0 Å². The van der Waals surface area contributed by atoms with E-state index >= 15 is 0 Å². The predicted molar refractivity (Wildman–Crippen MR) is 273 cm³/mol. The van der Waals surface area contributed by atoms with Gasteiger partial charge in [-0.1, -0.05) is 220 Å². The summed E-state index contributed by atoms with van der Waals surface area (Å²) in [4.78, 5) is 2.49. The summed E-state index contributed by atoms with van der Waals surface area (Å²) in [6, 6.07) is 87.1. The molecule has 0 fully saturated rings. The largest absolute Gasteiger partial charge is 0.310 e. The highest BCUT2D eigenvalue weighted by molar-refractivity contribution is 6.09. The number of hydrogen-bond donors (Lipinski definition) is 0. The van der Waals surface area contributed by atoms with Gasteiger partial charge in [0.1, 0.15) is 0 Å². The van der Waals surface area contributed by atoms with Crippen molar-refractivity contribution in [3.63, 3.8) is 0 Å². The zero-order valence-corrected chi connectivity index (χ0v) is 36.0. The summed E-state index contributed by atoms with van der Waals surface area (Å²) >= 11 is 0. The lowest BCUT2D eigenvalue weighted by Gasteiger charge is -2.33. The number of anilines is 3. The fraction of sp³-hybridized carbons (Fsp3) is 0.0476. The highest BCUT2D eigenvalue weighted by Gasteiger charge is 2.40. The zero-order valence-electron chi connectivity index (χ0n) is 36.0. The highest BCUT2D eigenvalue weighted by Crippen LogP contribution is 2.57. The minimum atomic E-state index is -0.230.